The highest BCUT2D eigenvalue weighted by Crippen LogP contribution is 2.44. The zero-order chi connectivity index (χ0) is 28.7. The van der Waals surface area contributed by atoms with Crippen molar-refractivity contribution in [1.82, 2.24) is 5.32 Å². The van der Waals surface area contributed by atoms with Crippen molar-refractivity contribution in [2.75, 3.05) is 13.7 Å². The highest BCUT2D eigenvalue weighted by atomic mass is 16.6. The molecule has 39 heavy (non-hydrogen) atoms. The fourth-order valence-corrected chi connectivity index (χ4v) is 3.82. The Kier molecular flexibility index (Phi) is 9.74. The number of rotatable bonds is 12. The van der Waals surface area contributed by atoms with Crippen molar-refractivity contribution >= 4 is 51.3 Å². The van der Waals surface area contributed by atoms with Gasteiger partial charge in [0.2, 0.25) is 0 Å². The van der Waals surface area contributed by atoms with Gasteiger partial charge in [-0.05, 0) is 32.3 Å². The van der Waals surface area contributed by atoms with Crippen LogP contribution in [0.3, 0.4) is 0 Å². The molecule has 208 valence electrons. The number of carbonyl (C=O) groups excluding carboxylic acids is 5. The highest BCUT2D eigenvalue weighted by Gasteiger charge is 2.25. The van der Waals surface area contributed by atoms with E-state index in [1.165, 1.54) is 27.0 Å². The SMILES string of the molecule is COC(=O)[C@@H](N)CCNC(=O)Oc1c2ccccc2c(OC(=O)CCC[C@H](N)C(C)=O)c2cc(C(C)=O)oc12. The molecule has 0 radical (unpaired) electrons. The maximum atomic E-state index is 12.7. The molecule has 12 heteroatoms. The van der Waals surface area contributed by atoms with E-state index in [9.17, 15) is 24.0 Å². The average Bonchev–Trinajstić information content (AvgIpc) is 3.35. The maximum absolute atomic E-state index is 12.7. The molecule has 2 atom stereocenters. The van der Waals surface area contributed by atoms with Crippen LogP contribution in [-0.2, 0) is 19.1 Å². The van der Waals surface area contributed by atoms with Gasteiger partial charge in [0.1, 0.15) is 17.6 Å². The molecule has 1 heterocycles. The lowest BCUT2D eigenvalue weighted by Crippen LogP contribution is -2.37. The standard InChI is InChI=1S/C27H31N3O9/c1-14(31)19(28)9-6-10-22(33)38-23-16-7-4-5-8-17(16)24(25-18(23)13-21(37-25)15(2)32)39-27(35)30-12-11-20(29)26(34)36-3/h4-5,7-8,13,19-20H,6,9-12,28-29H2,1-3H3,(H,30,35)/t19-,20-/m0/s1. The molecule has 0 spiro atoms. The van der Waals surface area contributed by atoms with Gasteiger partial charge in [-0.1, -0.05) is 24.3 Å². The molecular formula is C27H31N3O9. The summed E-state index contributed by atoms with van der Waals surface area (Å²) in [6, 6.07) is 6.56. The Labute approximate surface area is 223 Å². The summed E-state index contributed by atoms with van der Waals surface area (Å²) in [4.78, 5) is 60.3. The third-order valence-electron chi connectivity index (χ3n) is 6.00. The first kappa shape index (κ1) is 29.3. The number of carbonyl (C=O) groups is 5. The zero-order valence-electron chi connectivity index (χ0n) is 21.9. The predicted molar refractivity (Wildman–Crippen MR) is 141 cm³/mol. The van der Waals surface area contributed by atoms with Gasteiger partial charge in [-0.15, -0.1) is 0 Å². The molecule has 0 unspecified atom stereocenters. The second kappa shape index (κ2) is 13.0. The number of nitrogens with one attached hydrogen (secondary N) is 1. The molecule has 1 aromatic heterocycles. The topological polar surface area (TPSA) is 190 Å². The van der Waals surface area contributed by atoms with Crippen LogP contribution >= 0.6 is 0 Å². The molecule has 2 aromatic carbocycles. The Morgan fingerprint density at radius 3 is 2.21 bits per heavy atom. The largest absolute Gasteiger partial charge is 0.468 e. The fourth-order valence-electron chi connectivity index (χ4n) is 3.82. The Balaban J connectivity index is 1.92. The minimum absolute atomic E-state index is 0.00257. The fraction of sp³-hybridized carbons (Fsp3) is 0.370. The number of methoxy groups -OCH3 is 1. The van der Waals surface area contributed by atoms with E-state index in [0.29, 0.717) is 23.6 Å². The van der Waals surface area contributed by atoms with Crippen molar-refractivity contribution in [3.63, 3.8) is 0 Å². The molecule has 1 amide bonds. The number of nitrogens with two attached hydrogens (primary N) is 2. The van der Waals surface area contributed by atoms with E-state index in [4.69, 9.17) is 25.4 Å². The summed E-state index contributed by atoms with van der Waals surface area (Å²) < 4.78 is 21.6. The average molecular weight is 542 g/mol. The molecule has 0 aliphatic heterocycles. The molecule has 0 saturated carbocycles. The van der Waals surface area contributed by atoms with Crippen molar-refractivity contribution in [1.29, 1.82) is 0 Å². The number of Topliss-reactive ketones (excluding diaryl/α,β-unsaturated/α-hetero) is 2. The minimum Gasteiger partial charge on any atom is -0.468 e. The van der Waals surface area contributed by atoms with Crippen molar-refractivity contribution in [2.45, 2.75) is 51.6 Å². The third kappa shape index (κ3) is 7.18. The first-order chi connectivity index (χ1) is 18.5. The van der Waals surface area contributed by atoms with Crippen LogP contribution in [0.4, 0.5) is 4.79 Å². The zero-order valence-corrected chi connectivity index (χ0v) is 21.9. The van der Waals surface area contributed by atoms with E-state index in [0.717, 1.165) is 0 Å². The Morgan fingerprint density at radius 1 is 0.923 bits per heavy atom. The summed E-state index contributed by atoms with van der Waals surface area (Å²) in [5.41, 5.74) is 11.5. The molecule has 12 nitrogen and oxygen atoms in total. The van der Waals surface area contributed by atoms with E-state index in [2.05, 4.69) is 10.1 Å². The molecule has 3 aromatic rings. The van der Waals surface area contributed by atoms with Gasteiger partial charge in [0, 0.05) is 30.7 Å². The molecule has 0 fully saturated rings. The molecule has 0 saturated heterocycles. The van der Waals surface area contributed by atoms with E-state index in [1.54, 1.807) is 24.3 Å². The van der Waals surface area contributed by atoms with Crippen molar-refractivity contribution in [3.8, 4) is 11.5 Å². The van der Waals surface area contributed by atoms with E-state index < -0.39 is 35.9 Å². The first-order valence-corrected chi connectivity index (χ1v) is 12.3. The summed E-state index contributed by atoms with van der Waals surface area (Å²) in [5, 5.41) is 3.58. The second-order valence-electron chi connectivity index (χ2n) is 8.93. The summed E-state index contributed by atoms with van der Waals surface area (Å²) in [6.07, 6.45) is -0.0770. The van der Waals surface area contributed by atoms with Gasteiger partial charge in [-0.25, -0.2) is 4.79 Å². The number of fused-ring (bicyclic) bond motifs is 2. The van der Waals surface area contributed by atoms with Crippen LogP contribution in [-0.4, -0.2) is 55.3 Å². The molecule has 0 bridgehead atoms. The lowest BCUT2D eigenvalue weighted by Gasteiger charge is -2.14. The molecule has 0 aliphatic carbocycles. The monoisotopic (exact) mass is 541 g/mol. The molecule has 0 aliphatic rings. The molecular weight excluding hydrogens is 510 g/mol. The lowest BCUT2D eigenvalue weighted by atomic mass is 10.0. The minimum atomic E-state index is -0.918. The van der Waals surface area contributed by atoms with E-state index >= 15 is 0 Å². The van der Waals surface area contributed by atoms with Gasteiger partial charge >= 0.3 is 18.0 Å². The number of hydrogen-bond donors (Lipinski definition) is 3. The van der Waals surface area contributed by atoms with Crippen LogP contribution in [0.15, 0.2) is 34.7 Å². The normalized spacial score (nSPS) is 12.5. The molecule has 5 N–H and O–H groups in total. The Bertz CT molecular complexity index is 1410. The first-order valence-electron chi connectivity index (χ1n) is 12.3. The van der Waals surface area contributed by atoms with Gasteiger partial charge in [-0.2, -0.15) is 0 Å². The van der Waals surface area contributed by atoms with E-state index in [-0.39, 0.29) is 53.4 Å². The van der Waals surface area contributed by atoms with Crippen molar-refractivity contribution in [2.24, 2.45) is 11.5 Å². The summed E-state index contributed by atoms with van der Waals surface area (Å²) in [6.45, 7) is 2.72. The third-order valence-corrected chi connectivity index (χ3v) is 6.00. The predicted octanol–water partition coefficient (Wildman–Crippen LogP) is 2.76. The van der Waals surface area contributed by atoms with Crippen molar-refractivity contribution < 1.29 is 42.6 Å². The summed E-state index contributed by atoms with van der Waals surface area (Å²) in [5.74, 6) is -1.63. The van der Waals surface area contributed by atoms with Crippen LogP contribution in [0.2, 0.25) is 0 Å². The lowest BCUT2D eigenvalue weighted by molar-refractivity contribution is -0.142. The smallest absolute Gasteiger partial charge is 0.412 e. The van der Waals surface area contributed by atoms with E-state index in [1.807, 2.05) is 0 Å². The van der Waals surface area contributed by atoms with Crippen LogP contribution in [0, 0.1) is 0 Å². The number of ether oxygens (including phenoxy) is 3. The van der Waals surface area contributed by atoms with Crippen molar-refractivity contribution in [3.05, 3.63) is 36.1 Å². The second-order valence-corrected chi connectivity index (χ2v) is 8.93. The van der Waals surface area contributed by atoms with Gasteiger partial charge in [0.25, 0.3) is 0 Å². The summed E-state index contributed by atoms with van der Waals surface area (Å²) in [7, 11) is 1.21. The van der Waals surface area contributed by atoms with Gasteiger partial charge in [0.15, 0.2) is 22.9 Å². The number of esters is 2. The molecule has 3 rings (SSSR count). The number of benzene rings is 2. The number of ketones is 2. The number of hydrogen-bond acceptors (Lipinski definition) is 11. The van der Waals surface area contributed by atoms with Gasteiger partial charge in [0.05, 0.1) is 18.5 Å². The van der Waals surface area contributed by atoms with Gasteiger partial charge < -0.3 is 35.4 Å². The van der Waals surface area contributed by atoms with Crippen LogP contribution in [0.5, 0.6) is 11.5 Å². The summed E-state index contributed by atoms with van der Waals surface area (Å²) >= 11 is 0. The highest BCUT2D eigenvalue weighted by molar-refractivity contribution is 6.12. The van der Waals surface area contributed by atoms with Crippen LogP contribution in [0.1, 0.15) is 50.1 Å². The van der Waals surface area contributed by atoms with Crippen LogP contribution in [0.25, 0.3) is 21.7 Å². The quantitative estimate of drug-likeness (QED) is 0.174. The Hall–Kier alpha value is -4.29. The van der Waals surface area contributed by atoms with Crippen LogP contribution < -0.4 is 26.3 Å². The Morgan fingerprint density at radius 2 is 1.59 bits per heavy atom. The van der Waals surface area contributed by atoms with Gasteiger partial charge in [-0.3, -0.25) is 19.2 Å². The number of furan rings is 1. The maximum Gasteiger partial charge on any atom is 0.412 e. The number of amides is 1.